The molecule has 0 aliphatic carbocycles. The maximum Gasteiger partial charge on any atom is 0.125 e. The molecule has 0 amide bonds. The van der Waals surface area contributed by atoms with Crippen molar-refractivity contribution in [2.24, 2.45) is 0 Å². The number of hydrogen-bond acceptors (Lipinski definition) is 1. The highest BCUT2D eigenvalue weighted by molar-refractivity contribution is 6.30. The van der Waals surface area contributed by atoms with Gasteiger partial charge in [-0.25, -0.2) is 4.39 Å². The normalized spacial score (nSPS) is 10.5. The van der Waals surface area contributed by atoms with E-state index in [1.54, 1.807) is 6.07 Å². The Kier molecular flexibility index (Phi) is 4.80. The number of halogens is 2. The minimum absolute atomic E-state index is 0.300. The van der Waals surface area contributed by atoms with Crippen molar-refractivity contribution in [3.05, 3.63) is 64.4 Å². The lowest BCUT2D eigenvalue weighted by Crippen LogP contribution is -2.02. The summed E-state index contributed by atoms with van der Waals surface area (Å²) in [5.41, 5.74) is 3.23. The minimum Gasteiger partial charge on any atom is -0.381 e. The van der Waals surface area contributed by atoms with E-state index in [1.165, 1.54) is 17.7 Å². The van der Waals surface area contributed by atoms with Crippen molar-refractivity contribution in [2.75, 3.05) is 5.32 Å². The summed E-state index contributed by atoms with van der Waals surface area (Å²) >= 11 is 5.85. The van der Waals surface area contributed by atoms with Crippen LogP contribution in [0.15, 0.2) is 42.5 Å². The fourth-order valence-corrected chi connectivity index (χ4v) is 2.33. The van der Waals surface area contributed by atoms with Crippen molar-refractivity contribution in [1.82, 2.24) is 0 Å². The number of benzene rings is 2. The number of hydrogen-bond donors (Lipinski definition) is 1. The van der Waals surface area contributed by atoms with E-state index in [0.717, 1.165) is 24.1 Å². The predicted octanol–water partition coefficient (Wildman–Crippen LogP) is 5.04. The second-order valence-corrected chi connectivity index (χ2v) is 4.97. The molecule has 0 bridgehead atoms. The van der Waals surface area contributed by atoms with Crippen LogP contribution in [0.2, 0.25) is 5.02 Å². The van der Waals surface area contributed by atoms with Crippen molar-refractivity contribution < 1.29 is 4.39 Å². The van der Waals surface area contributed by atoms with Gasteiger partial charge in [-0.15, -0.1) is 0 Å². The summed E-state index contributed by atoms with van der Waals surface area (Å²) in [5, 5.41) is 3.77. The molecule has 100 valence electrons. The van der Waals surface area contributed by atoms with Gasteiger partial charge in [-0.3, -0.25) is 0 Å². The van der Waals surface area contributed by atoms with Gasteiger partial charge in [0.15, 0.2) is 0 Å². The highest BCUT2D eigenvalue weighted by Crippen LogP contribution is 2.19. The summed E-state index contributed by atoms with van der Waals surface area (Å²) in [4.78, 5) is 0. The fourth-order valence-electron chi connectivity index (χ4n) is 2.09. The van der Waals surface area contributed by atoms with E-state index in [1.807, 2.05) is 18.2 Å². The molecule has 0 atom stereocenters. The molecule has 0 aromatic heterocycles. The smallest absolute Gasteiger partial charge is 0.125 e. The Labute approximate surface area is 118 Å². The first-order valence-electron chi connectivity index (χ1n) is 6.46. The zero-order valence-electron chi connectivity index (χ0n) is 10.9. The molecule has 1 N–H and O–H groups in total. The van der Waals surface area contributed by atoms with Crippen molar-refractivity contribution in [3.63, 3.8) is 0 Å². The number of rotatable bonds is 5. The highest BCUT2D eigenvalue weighted by atomic mass is 35.5. The van der Waals surface area contributed by atoms with Crippen LogP contribution in [0.4, 0.5) is 10.1 Å². The molecule has 2 aromatic carbocycles. The predicted molar refractivity (Wildman–Crippen MR) is 79.2 cm³/mol. The van der Waals surface area contributed by atoms with Gasteiger partial charge in [-0.1, -0.05) is 43.1 Å². The van der Waals surface area contributed by atoms with Gasteiger partial charge in [0.2, 0.25) is 0 Å². The van der Waals surface area contributed by atoms with Crippen LogP contribution in [-0.4, -0.2) is 0 Å². The number of aryl methyl sites for hydroxylation is 1. The molecule has 3 heteroatoms. The maximum absolute atomic E-state index is 13.2. The zero-order chi connectivity index (χ0) is 13.7. The molecule has 0 aliphatic rings. The fraction of sp³-hybridized carbons (Fsp3) is 0.250. The Balaban J connectivity index is 2.09. The summed E-state index contributed by atoms with van der Waals surface area (Å²) in [6.07, 6.45) is 2.14. The molecular weight excluding hydrogens is 261 g/mol. The molecule has 2 aromatic rings. The Morgan fingerprint density at radius 3 is 2.68 bits per heavy atom. The number of para-hydroxylation sites is 1. The molecular formula is C16H17ClFN. The third-order valence-electron chi connectivity index (χ3n) is 2.94. The van der Waals surface area contributed by atoms with Crippen molar-refractivity contribution >= 4 is 17.3 Å². The molecule has 1 nitrogen and oxygen atoms in total. The first-order valence-corrected chi connectivity index (χ1v) is 6.83. The second kappa shape index (κ2) is 6.58. The second-order valence-electron chi connectivity index (χ2n) is 4.54. The lowest BCUT2D eigenvalue weighted by atomic mass is 10.1. The van der Waals surface area contributed by atoms with Crippen molar-refractivity contribution in [1.29, 1.82) is 0 Å². The van der Waals surface area contributed by atoms with E-state index in [0.29, 0.717) is 11.6 Å². The molecule has 0 radical (unpaired) electrons. The molecule has 0 spiro atoms. The van der Waals surface area contributed by atoms with Gasteiger partial charge in [-0.2, -0.15) is 0 Å². The summed E-state index contributed by atoms with van der Waals surface area (Å²) < 4.78 is 13.2. The number of anilines is 1. The Morgan fingerprint density at radius 2 is 1.95 bits per heavy atom. The molecule has 0 saturated heterocycles. The largest absolute Gasteiger partial charge is 0.381 e. The van der Waals surface area contributed by atoms with Gasteiger partial charge in [0.05, 0.1) is 0 Å². The van der Waals surface area contributed by atoms with Gasteiger partial charge >= 0.3 is 0 Å². The molecule has 0 saturated carbocycles. The average Bonchev–Trinajstić information content (AvgIpc) is 2.37. The van der Waals surface area contributed by atoms with Crippen LogP contribution in [0, 0.1) is 5.82 Å². The van der Waals surface area contributed by atoms with E-state index >= 15 is 0 Å². The Hall–Kier alpha value is -1.54. The third-order valence-corrected chi connectivity index (χ3v) is 3.16. The van der Waals surface area contributed by atoms with Gasteiger partial charge in [0.25, 0.3) is 0 Å². The lowest BCUT2D eigenvalue weighted by molar-refractivity contribution is 0.626. The van der Waals surface area contributed by atoms with E-state index in [9.17, 15) is 4.39 Å². The molecule has 19 heavy (non-hydrogen) atoms. The van der Waals surface area contributed by atoms with Gasteiger partial charge in [0.1, 0.15) is 5.82 Å². The summed E-state index contributed by atoms with van der Waals surface area (Å²) in [5.74, 6) is -0.300. The quantitative estimate of drug-likeness (QED) is 0.807. The van der Waals surface area contributed by atoms with Gasteiger partial charge in [0, 0.05) is 17.3 Å². The first kappa shape index (κ1) is 13.9. The summed E-state index contributed by atoms with van der Waals surface area (Å²) in [7, 11) is 0. The summed E-state index contributed by atoms with van der Waals surface area (Å²) in [6.45, 7) is 2.72. The minimum atomic E-state index is -0.300. The van der Waals surface area contributed by atoms with Crippen molar-refractivity contribution in [2.45, 2.75) is 26.3 Å². The van der Waals surface area contributed by atoms with Crippen molar-refractivity contribution in [3.8, 4) is 0 Å². The first-order chi connectivity index (χ1) is 9.19. The topological polar surface area (TPSA) is 12.0 Å². The van der Waals surface area contributed by atoms with Crippen LogP contribution in [0.5, 0.6) is 0 Å². The Bertz CT molecular complexity index is 534. The molecule has 0 heterocycles. The standard InChI is InChI=1S/C16H17ClFN/c1-2-5-13-6-3-4-7-16(13)19-11-12-8-14(17)10-15(18)9-12/h3-4,6-10,19H,2,5,11H2,1H3. The summed E-state index contributed by atoms with van der Waals surface area (Å²) in [6, 6.07) is 12.8. The molecule has 2 rings (SSSR count). The highest BCUT2D eigenvalue weighted by Gasteiger charge is 2.02. The van der Waals surface area contributed by atoms with E-state index in [2.05, 4.69) is 18.3 Å². The average molecular weight is 278 g/mol. The van der Waals surface area contributed by atoms with Crippen LogP contribution in [0.1, 0.15) is 24.5 Å². The van der Waals surface area contributed by atoms with Crippen LogP contribution in [0.3, 0.4) is 0 Å². The zero-order valence-corrected chi connectivity index (χ0v) is 11.7. The lowest BCUT2D eigenvalue weighted by Gasteiger charge is -2.11. The molecule has 0 unspecified atom stereocenters. The molecule has 0 fully saturated rings. The van der Waals surface area contributed by atoms with Crippen LogP contribution < -0.4 is 5.32 Å². The number of nitrogens with one attached hydrogen (secondary N) is 1. The monoisotopic (exact) mass is 277 g/mol. The van der Waals surface area contributed by atoms with Gasteiger partial charge < -0.3 is 5.32 Å². The van der Waals surface area contributed by atoms with E-state index in [-0.39, 0.29) is 5.82 Å². The third kappa shape index (κ3) is 3.97. The van der Waals surface area contributed by atoms with Crippen LogP contribution in [-0.2, 0) is 13.0 Å². The SMILES string of the molecule is CCCc1ccccc1NCc1cc(F)cc(Cl)c1. The Morgan fingerprint density at radius 1 is 1.16 bits per heavy atom. The molecule has 0 aliphatic heterocycles. The van der Waals surface area contributed by atoms with Gasteiger partial charge in [-0.05, 0) is 41.8 Å². The van der Waals surface area contributed by atoms with E-state index < -0.39 is 0 Å². The van der Waals surface area contributed by atoms with Crippen LogP contribution in [0.25, 0.3) is 0 Å². The van der Waals surface area contributed by atoms with E-state index in [4.69, 9.17) is 11.6 Å². The maximum atomic E-state index is 13.2. The van der Waals surface area contributed by atoms with Crippen LogP contribution >= 0.6 is 11.6 Å².